The summed E-state index contributed by atoms with van der Waals surface area (Å²) in [7, 11) is -0.0198. The molecule has 0 fully saturated rings. The van der Waals surface area contributed by atoms with Crippen molar-refractivity contribution in [3.8, 4) is 0 Å². The van der Waals surface area contributed by atoms with Gasteiger partial charge in [0, 0.05) is 0 Å². The van der Waals surface area contributed by atoms with Gasteiger partial charge < -0.3 is 0 Å². The molecule has 0 bridgehead atoms. The Morgan fingerprint density at radius 2 is 1.00 bits per heavy atom. The van der Waals surface area contributed by atoms with Crippen molar-refractivity contribution in [3.63, 3.8) is 0 Å². The molecule has 0 aliphatic carbocycles. The van der Waals surface area contributed by atoms with Crippen LogP contribution in [0.1, 0.15) is 0 Å². The van der Waals surface area contributed by atoms with Gasteiger partial charge in [0.2, 0.25) is 0 Å². The van der Waals surface area contributed by atoms with Crippen molar-refractivity contribution in [2.75, 3.05) is 19.2 Å². The van der Waals surface area contributed by atoms with Gasteiger partial charge in [-0.3, -0.25) is 0 Å². The fourth-order valence-electron chi connectivity index (χ4n) is 1.85. The van der Waals surface area contributed by atoms with Crippen molar-refractivity contribution in [1.29, 1.82) is 0 Å². The molecule has 2 atom stereocenters. The Morgan fingerprint density at radius 3 is 1.35 bits per heavy atom. The topological polar surface area (TPSA) is 0 Å². The predicted octanol–water partition coefficient (Wildman–Crippen LogP) is 3.82. The van der Waals surface area contributed by atoms with Crippen LogP contribution in [0.5, 0.6) is 0 Å². The molecule has 17 heavy (non-hydrogen) atoms. The molecular formula is C15H18P2. The van der Waals surface area contributed by atoms with Gasteiger partial charge in [0.05, 0.1) is 0 Å². The van der Waals surface area contributed by atoms with Gasteiger partial charge in [-0.15, -0.1) is 0 Å². The summed E-state index contributed by atoms with van der Waals surface area (Å²) in [6, 6.07) is 21.8. The van der Waals surface area contributed by atoms with E-state index in [-0.39, 0.29) is 15.8 Å². The lowest BCUT2D eigenvalue weighted by atomic mass is 10.4. The lowest BCUT2D eigenvalue weighted by Gasteiger charge is -2.18. The van der Waals surface area contributed by atoms with E-state index in [4.69, 9.17) is 0 Å². The first-order valence-corrected chi connectivity index (χ1v) is 9.74. The molecule has 0 amide bonds. The Bertz CT molecular complexity index is 395. The van der Waals surface area contributed by atoms with Gasteiger partial charge in [0.15, 0.2) is 0 Å². The summed E-state index contributed by atoms with van der Waals surface area (Å²) in [5.74, 6) is 1.33. The minimum Gasteiger partial charge on any atom is -0.0738 e. The van der Waals surface area contributed by atoms with Gasteiger partial charge >= 0.3 is 0 Å². The van der Waals surface area contributed by atoms with Crippen molar-refractivity contribution in [2.24, 2.45) is 0 Å². The van der Waals surface area contributed by atoms with Crippen LogP contribution in [-0.2, 0) is 0 Å². The summed E-state index contributed by atoms with van der Waals surface area (Å²) < 4.78 is 0. The van der Waals surface area contributed by atoms with E-state index in [0.717, 1.165) is 0 Å². The largest absolute Gasteiger partial charge is 0.0738 e. The highest BCUT2D eigenvalue weighted by atomic mass is 31.2. The molecule has 0 heterocycles. The first-order chi connectivity index (χ1) is 8.27. The minimum absolute atomic E-state index is 0.00989. The zero-order valence-corrected chi connectivity index (χ0v) is 12.2. The van der Waals surface area contributed by atoms with Gasteiger partial charge in [-0.05, 0) is 29.8 Å². The van der Waals surface area contributed by atoms with Crippen molar-refractivity contribution in [3.05, 3.63) is 60.7 Å². The summed E-state index contributed by atoms with van der Waals surface area (Å²) in [6.45, 7) is 4.79. The molecule has 0 radical (unpaired) electrons. The van der Waals surface area contributed by atoms with Gasteiger partial charge in [-0.2, -0.15) is 0 Å². The molecule has 0 nitrogen and oxygen atoms in total. The number of hydrogen-bond acceptors (Lipinski definition) is 0. The van der Waals surface area contributed by atoms with Crippen molar-refractivity contribution in [2.45, 2.75) is 0 Å². The van der Waals surface area contributed by atoms with E-state index in [1.807, 2.05) is 0 Å². The molecule has 0 aliphatic rings. The predicted molar refractivity (Wildman–Crippen MR) is 82.7 cm³/mol. The highest BCUT2D eigenvalue weighted by Gasteiger charge is 2.10. The fourth-order valence-corrected chi connectivity index (χ4v) is 7.06. The SMILES string of the molecule is CP(CP(C)c1ccccc1)c1ccccc1. The average molecular weight is 260 g/mol. The highest BCUT2D eigenvalue weighted by molar-refractivity contribution is 7.81. The molecule has 0 aromatic heterocycles. The Kier molecular flexibility index (Phi) is 4.72. The molecule has 2 unspecified atom stereocenters. The van der Waals surface area contributed by atoms with Gasteiger partial charge in [-0.25, -0.2) is 0 Å². The summed E-state index contributed by atoms with van der Waals surface area (Å²) in [4.78, 5) is 0. The van der Waals surface area contributed by atoms with Crippen LogP contribution in [0, 0.1) is 0 Å². The average Bonchev–Trinajstić information content (AvgIpc) is 2.40. The summed E-state index contributed by atoms with van der Waals surface area (Å²) in [6.07, 6.45) is 0. The Morgan fingerprint density at radius 1 is 0.647 bits per heavy atom. The van der Waals surface area contributed by atoms with Crippen LogP contribution in [0.15, 0.2) is 60.7 Å². The Balaban J connectivity index is 2.02. The first-order valence-electron chi connectivity index (χ1n) is 5.80. The summed E-state index contributed by atoms with van der Waals surface area (Å²) >= 11 is 0. The van der Waals surface area contributed by atoms with Crippen LogP contribution in [0.25, 0.3) is 0 Å². The lowest BCUT2D eigenvalue weighted by molar-refractivity contribution is 1.75. The second kappa shape index (κ2) is 6.29. The van der Waals surface area contributed by atoms with E-state index in [2.05, 4.69) is 74.0 Å². The van der Waals surface area contributed by atoms with Crippen molar-refractivity contribution in [1.82, 2.24) is 0 Å². The quantitative estimate of drug-likeness (QED) is 0.733. The second-order valence-electron chi connectivity index (χ2n) is 4.21. The first kappa shape index (κ1) is 12.7. The maximum absolute atomic E-state index is 2.40. The smallest absolute Gasteiger partial charge is 0.00449 e. The maximum atomic E-state index is 2.40. The maximum Gasteiger partial charge on any atom is -0.00449 e. The van der Waals surface area contributed by atoms with Crippen molar-refractivity contribution < 1.29 is 0 Å². The van der Waals surface area contributed by atoms with Crippen LogP contribution in [0.2, 0.25) is 0 Å². The molecule has 2 aromatic rings. The van der Waals surface area contributed by atoms with Gasteiger partial charge in [-0.1, -0.05) is 76.5 Å². The normalized spacial score (nSPS) is 14.2. The fraction of sp³-hybridized carbons (Fsp3) is 0.200. The monoisotopic (exact) mass is 260 g/mol. The van der Waals surface area contributed by atoms with E-state index in [1.54, 1.807) is 0 Å². The Hall–Kier alpha value is -0.700. The number of benzene rings is 2. The van der Waals surface area contributed by atoms with Crippen LogP contribution in [-0.4, -0.2) is 19.2 Å². The van der Waals surface area contributed by atoms with Crippen molar-refractivity contribution >= 4 is 26.5 Å². The zero-order valence-electron chi connectivity index (χ0n) is 10.4. The van der Waals surface area contributed by atoms with E-state index < -0.39 is 0 Å². The van der Waals surface area contributed by atoms with E-state index >= 15 is 0 Å². The third kappa shape index (κ3) is 3.63. The molecule has 0 saturated heterocycles. The molecular weight excluding hydrogens is 242 g/mol. The molecule has 2 aromatic carbocycles. The number of hydrogen-bond donors (Lipinski definition) is 0. The molecule has 0 spiro atoms. The number of rotatable bonds is 4. The van der Waals surface area contributed by atoms with E-state index in [1.165, 1.54) is 16.5 Å². The molecule has 0 aliphatic heterocycles. The molecule has 2 rings (SSSR count). The van der Waals surface area contributed by atoms with E-state index in [9.17, 15) is 0 Å². The van der Waals surface area contributed by atoms with Crippen LogP contribution in [0.4, 0.5) is 0 Å². The van der Waals surface area contributed by atoms with Crippen LogP contribution in [0.3, 0.4) is 0 Å². The zero-order chi connectivity index (χ0) is 12.1. The summed E-state index contributed by atoms with van der Waals surface area (Å²) in [5, 5.41) is 3.04. The third-order valence-corrected chi connectivity index (χ3v) is 8.57. The second-order valence-corrected chi connectivity index (χ2v) is 9.16. The standard InChI is InChI=1S/C15H18P2/c1-16(14-9-5-3-6-10-14)13-17(2)15-11-7-4-8-12-15/h3-12H,13H2,1-2H3. The summed E-state index contributed by atoms with van der Waals surface area (Å²) in [5.41, 5.74) is 0. The lowest BCUT2D eigenvalue weighted by Crippen LogP contribution is -2.05. The molecule has 0 saturated carbocycles. The Labute approximate surface area is 107 Å². The minimum atomic E-state index is -0.00989. The molecule has 88 valence electrons. The molecule has 0 N–H and O–H groups in total. The van der Waals surface area contributed by atoms with Crippen LogP contribution < -0.4 is 10.6 Å². The van der Waals surface area contributed by atoms with Gasteiger partial charge in [0.25, 0.3) is 0 Å². The highest BCUT2D eigenvalue weighted by Crippen LogP contribution is 2.44. The molecule has 2 heteroatoms. The van der Waals surface area contributed by atoms with Gasteiger partial charge in [0.1, 0.15) is 0 Å². The third-order valence-electron chi connectivity index (χ3n) is 2.82. The van der Waals surface area contributed by atoms with E-state index in [0.29, 0.717) is 0 Å². The van der Waals surface area contributed by atoms with Crippen LogP contribution >= 0.6 is 15.8 Å².